The Bertz CT molecular complexity index is 202. The molecule has 0 bridgehead atoms. The van der Waals surface area contributed by atoms with Gasteiger partial charge in [0.1, 0.15) is 0 Å². The second-order valence-electron chi connectivity index (χ2n) is 4.50. The second kappa shape index (κ2) is 4.45. The van der Waals surface area contributed by atoms with Gasteiger partial charge in [0.15, 0.2) is 0 Å². The smallest absolute Gasteiger partial charge is 0.333 e. The van der Waals surface area contributed by atoms with Crippen LogP contribution in [0.25, 0.3) is 0 Å². The van der Waals surface area contributed by atoms with E-state index >= 15 is 0 Å². The van der Waals surface area contributed by atoms with E-state index in [1.54, 1.807) is 6.92 Å². The Balaban J connectivity index is 4.02. The van der Waals surface area contributed by atoms with Crippen LogP contribution >= 0.6 is 0 Å². The molecule has 0 fully saturated rings. The number of ether oxygens (including phenoxy) is 1. The first-order valence-corrected chi connectivity index (χ1v) is 4.60. The molecular weight excluding hydrogens is 164 g/mol. The molecule has 0 rings (SSSR count). The predicted molar refractivity (Wildman–Crippen MR) is 54.4 cm³/mol. The molecule has 0 amide bonds. The summed E-state index contributed by atoms with van der Waals surface area (Å²) < 4.78 is 5.09. The van der Waals surface area contributed by atoms with Gasteiger partial charge in [-0.05, 0) is 12.8 Å². The van der Waals surface area contributed by atoms with Crippen molar-refractivity contribution in [3.05, 3.63) is 12.2 Å². The van der Waals surface area contributed by atoms with Crippen molar-refractivity contribution in [2.75, 3.05) is 6.61 Å². The lowest BCUT2D eigenvalue weighted by Gasteiger charge is -2.28. The summed E-state index contributed by atoms with van der Waals surface area (Å²) in [6.45, 7) is 14.1. The van der Waals surface area contributed by atoms with Crippen LogP contribution in [0, 0.1) is 11.3 Å². The largest absolute Gasteiger partial charge is 0.462 e. The molecule has 13 heavy (non-hydrogen) atoms. The minimum atomic E-state index is -0.297. The molecule has 0 radical (unpaired) electrons. The summed E-state index contributed by atoms with van der Waals surface area (Å²) in [5.41, 5.74) is 0.491. The molecule has 0 aliphatic heterocycles. The fourth-order valence-corrected chi connectivity index (χ4v) is 0.541. The molecule has 2 heteroatoms. The highest BCUT2D eigenvalue weighted by atomic mass is 16.5. The third-order valence-corrected chi connectivity index (χ3v) is 2.49. The van der Waals surface area contributed by atoms with E-state index in [1.165, 1.54) is 0 Å². The summed E-state index contributed by atoms with van der Waals surface area (Å²) >= 11 is 0. The summed E-state index contributed by atoms with van der Waals surface area (Å²) in [6.07, 6.45) is 0. The zero-order valence-corrected chi connectivity index (χ0v) is 9.31. The van der Waals surface area contributed by atoms with Crippen molar-refractivity contribution in [2.24, 2.45) is 11.3 Å². The summed E-state index contributed by atoms with van der Waals surface area (Å²) in [5.74, 6) is 0.194. The lowest BCUT2D eigenvalue weighted by molar-refractivity contribution is -0.142. The average molecular weight is 184 g/mol. The van der Waals surface area contributed by atoms with Gasteiger partial charge in [-0.2, -0.15) is 0 Å². The first kappa shape index (κ1) is 12.2. The molecule has 0 atom stereocenters. The fourth-order valence-electron chi connectivity index (χ4n) is 0.541. The van der Waals surface area contributed by atoms with Crippen LogP contribution in [0.15, 0.2) is 12.2 Å². The minimum Gasteiger partial charge on any atom is -0.462 e. The topological polar surface area (TPSA) is 26.3 Å². The predicted octanol–water partition coefficient (Wildman–Crippen LogP) is 2.79. The second-order valence-corrected chi connectivity index (χ2v) is 4.50. The van der Waals surface area contributed by atoms with Crippen LogP contribution in [0.4, 0.5) is 0 Å². The number of hydrogen-bond donors (Lipinski definition) is 0. The van der Waals surface area contributed by atoms with Gasteiger partial charge in [0.2, 0.25) is 0 Å². The van der Waals surface area contributed by atoms with E-state index in [9.17, 15) is 4.79 Å². The Hall–Kier alpha value is -0.790. The average Bonchev–Trinajstić information content (AvgIpc) is 1.99. The van der Waals surface area contributed by atoms with E-state index in [0.717, 1.165) is 0 Å². The molecule has 0 spiro atoms. The maximum Gasteiger partial charge on any atom is 0.333 e. The van der Waals surface area contributed by atoms with Crippen LogP contribution in [-0.4, -0.2) is 12.6 Å². The van der Waals surface area contributed by atoms with E-state index in [4.69, 9.17) is 4.74 Å². The SMILES string of the molecule is C=C(C)C(=O)OCC(C)(C)C(C)C. The molecule has 0 aromatic carbocycles. The van der Waals surface area contributed by atoms with Crippen LogP contribution < -0.4 is 0 Å². The van der Waals surface area contributed by atoms with Gasteiger partial charge >= 0.3 is 5.97 Å². The standard InChI is InChI=1S/C11H20O2/c1-8(2)10(12)13-7-11(5,6)9(3)4/h9H,1,7H2,2-6H3. The van der Waals surface area contributed by atoms with Crippen molar-refractivity contribution in [1.82, 2.24) is 0 Å². The van der Waals surface area contributed by atoms with Crippen molar-refractivity contribution in [1.29, 1.82) is 0 Å². The highest BCUT2D eigenvalue weighted by Gasteiger charge is 2.24. The van der Waals surface area contributed by atoms with E-state index in [0.29, 0.717) is 18.1 Å². The van der Waals surface area contributed by atoms with Crippen LogP contribution in [-0.2, 0) is 9.53 Å². The highest BCUT2D eigenvalue weighted by Crippen LogP contribution is 2.26. The Labute approximate surface area is 81.0 Å². The number of carbonyl (C=O) groups is 1. The van der Waals surface area contributed by atoms with Gasteiger partial charge in [-0.25, -0.2) is 4.79 Å². The zero-order valence-electron chi connectivity index (χ0n) is 9.31. The van der Waals surface area contributed by atoms with Gasteiger partial charge < -0.3 is 4.74 Å². The van der Waals surface area contributed by atoms with Crippen molar-refractivity contribution < 1.29 is 9.53 Å². The van der Waals surface area contributed by atoms with Gasteiger partial charge in [0, 0.05) is 11.0 Å². The summed E-state index contributed by atoms with van der Waals surface area (Å²) in [5, 5.41) is 0. The molecule has 0 N–H and O–H groups in total. The van der Waals surface area contributed by atoms with E-state index in [1.807, 2.05) is 0 Å². The number of rotatable bonds is 4. The normalized spacial score (nSPS) is 11.5. The molecule has 0 heterocycles. The molecule has 0 unspecified atom stereocenters. The number of hydrogen-bond acceptors (Lipinski definition) is 2. The van der Waals surface area contributed by atoms with Crippen molar-refractivity contribution in [2.45, 2.75) is 34.6 Å². The van der Waals surface area contributed by atoms with Gasteiger partial charge in [0.25, 0.3) is 0 Å². The van der Waals surface area contributed by atoms with Gasteiger partial charge in [-0.1, -0.05) is 34.3 Å². The molecule has 0 saturated heterocycles. The summed E-state index contributed by atoms with van der Waals surface area (Å²) in [6, 6.07) is 0. The molecular formula is C11H20O2. The van der Waals surface area contributed by atoms with Crippen molar-refractivity contribution in [3.8, 4) is 0 Å². The number of esters is 1. The summed E-state index contributed by atoms with van der Waals surface area (Å²) in [7, 11) is 0. The quantitative estimate of drug-likeness (QED) is 0.496. The van der Waals surface area contributed by atoms with Crippen LogP contribution in [0.2, 0.25) is 0 Å². The molecule has 0 saturated carbocycles. The van der Waals surface area contributed by atoms with E-state index in [2.05, 4.69) is 34.3 Å². The Kier molecular flexibility index (Phi) is 4.18. The minimum absolute atomic E-state index is 0.0328. The third-order valence-electron chi connectivity index (χ3n) is 2.49. The first-order chi connectivity index (χ1) is 5.77. The zero-order chi connectivity index (χ0) is 10.6. The maximum atomic E-state index is 11.1. The lowest BCUT2D eigenvalue weighted by atomic mass is 9.82. The monoisotopic (exact) mass is 184 g/mol. The molecule has 0 aliphatic carbocycles. The van der Waals surface area contributed by atoms with Crippen molar-refractivity contribution >= 4 is 5.97 Å². The molecule has 2 nitrogen and oxygen atoms in total. The number of carbonyl (C=O) groups excluding carboxylic acids is 1. The third kappa shape index (κ3) is 4.11. The molecule has 76 valence electrons. The highest BCUT2D eigenvalue weighted by molar-refractivity contribution is 5.86. The van der Waals surface area contributed by atoms with E-state index < -0.39 is 0 Å². The lowest BCUT2D eigenvalue weighted by Crippen LogP contribution is -2.27. The van der Waals surface area contributed by atoms with Crippen LogP contribution in [0.3, 0.4) is 0 Å². The Morgan fingerprint density at radius 2 is 1.92 bits per heavy atom. The van der Waals surface area contributed by atoms with Gasteiger partial charge in [0.05, 0.1) is 6.61 Å². The van der Waals surface area contributed by atoms with Crippen LogP contribution in [0.1, 0.15) is 34.6 Å². The van der Waals surface area contributed by atoms with Crippen molar-refractivity contribution in [3.63, 3.8) is 0 Å². The molecule has 0 aromatic rings. The van der Waals surface area contributed by atoms with Gasteiger partial charge in [-0.3, -0.25) is 0 Å². The Morgan fingerprint density at radius 3 is 2.23 bits per heavy atom. The van der Waals surface area contributed by atoms with Crippen LogP contribution in [0.5, 0.6) is 0 Å². The van der Waals surface area contributed by atoms with Gasteiger partial charge in [-0.15, -0.1) is 0 Å². The summed E-state index contributed by atoms with van der Waals surface area (Å²) in [4.78, 5) is 11.1. The molecule has 0 aliphatic rings. The van der Waals surface area contributed by atoms with E-state index in [-0.39, 0.29) is 11.4 Å². The maximum absolute atomic E-state index is 11.1. The first-order valence-electron chi connectivity index (χ1n) is 4.60. The molecule has 0 aromatic heterocycles. The fraction of sp³-hybridized carbons (Fsp3) is 0.727. The Morgan fingerprint density at radius 1 is 1.46 bits per heavy atom.